The zero-order valence-electron chi connectivity index (χ0n) is 31.9. The number of ether oxygens (including phenoxy) is 2. The minimum Gasteiger partial charge on any atom is -0.406 e. The lowest BCUT2D eigenvalue weighted by Gasteiger charge is -2.24. The molecule has 0 aliphatic heterocycles. The van der Waals surface area contributed by atoms with Crippen molar-refractivity contribution in [2.45, 2.75) is 12.7 Å². The normalized spacial score (nSPS) is 14.2. The van der Waals surface area contributed by atoms with Gasteiger partial charge >= 0.3 is 12.7 Å². The summed E-state index contributed by atoms with van der Waals surface area (Å²) in [6.45, 7) is 23.7. The third-order valence-electron chi connectivity index (χ3n) is 9.82. The summed E-state index contributed by atoms with van der Waals surface area (Å²) in [6.07, 6.45) is -11.4. The Balaban J connectivity index is 1.86. The summed E-state index contributed by atoms with van der Waals surface area (Å²) >= 11 is 0. The second kappa shape index (κ2) is 16.3. The van der Waals surface area contributed by atoms with Gasteiger partial charge in [-0.1, -0.05) is 78.9 Å². The lowest BCUT2D eigenvalue weighted by atomic mass is 9.85. The van der Waals surface area contributed by atoms with Gasteiger partial charge in [0.15, 0.2) is 11.4 Å². The van der Waals surface area contributed by atoms with Gasteiger partial charge in [0.1, 0.15) is 29.7 Å². The summed E-state index contributed by atoms with van der Waals surface area (Å²) < 4.78 is 100. The van der Waals surface area contributed by atoms with Gasteiger partial charge in [0, 0.05) is 39.0 Å². The quantitative estimate of drug-likeness (QED) is 0.0937. The van der Waals surface area contributed by atoms with Gasteiger partial charge in [-0.25, -0.2) is 14.5 Å². The van der Waals surface area contributed by atoms with Gasteiger partial charge in [-0.3, -0.25) is 0 Å². The number of hydrogen-bond acceptors (Lipinski definition) is 7. The van der Waals surface area contributed by atoms with Crippen LogP contribution in [0.4, 0.5) is 37.7 Å². The van der Waals surface area contributed by atoms with E-state index in [9.17, 15) is 26.3 Å². The number of fused-ring (bicyclic) bond motifs is 2. The zero-order valence-corrected chi connectivity index (χ0v) is 31.9. The number of halogens is 6. The second-order valence-electron chi connectivity index (χ2n) is 13.4. The lowest BCUT2D eigenvalue weighted by molar-refractivity contribution is -0.277. The van der Waals surface area contributed by atoms with Crippen LogP contribution in [-0.2, 0) is 0 Å². The number of benzene rings is 5. The number of alkyl halides is 6. The first-order valence-electron chi connectivity index (χ1n) is 17.9. The summed E-state index contributed by atoms with van der Waals surface area (Å²) in [5, 5.41) is 52.6. The van der Waals surface area contributed by atoms with Crippen molar-refractivity contribution in [3.05, 3.63) is 187 Å². The van der Waals surface area contributed by atoms with E-state index < -0.39 is 85.6 Å². The molecule has 0 saturated heterocycles. The van der Waals surface area contributed by atoms with E-state index in [0.29, 0.717) is 0 Å². The topological polar surface area (TPSA) is 150 Å². The van der Waals surface area contributed by atoms with Gasteiger partial charge in [0.25, 0.3) is 0 Å². The minimum atomic E-state index is -5.71. The molecule has 2 aliphatic carbocycles. The summed E-state index contributed by atoms with van der Waals surface area (Å²) in [4.78, 5) is 10.2. The monoisotopic (exact) mass is 850 g/mol. The first kappa shape index (κ1) is 42.3. The van der Waals surface area contributed by atoms with Gasteiger partial charge in [-0.15, -0.1) is 26.3 Å². The van der Waals surface area contributed by atoms with Gasteiger partial charge < -0.3 is 9.47 Å². The average molecular weight is 851 g/mol. The molecular weight excluding hydrogens is 835 g/mol. The van der Waals surface area contributed by atoms with Crippen molar-refractivity contribution in [2.75, 3.05) is 0 Å². The minimum absolute atomic E-state index is 0.00196. The fourth-order valence-corrected chi connectivity index (χ4v) is 7.63. The molecule has 7 rings (SSSR count). The van der Waals surface area contributed by atoms with Crippen molar-refractivity contribution in [3.63, 3.8) is 0 Å². The van der Waals surface area contributed by atoms with Crippen LogP contribution in [0.2, 0.25) is 0 Å². The maximum atomic E-state index is 15.1. The summed E-state index contributed by atoms with van der Waals surface area (Å²) in [6, 6.07) is 30.2. The molecule has 0 saturated carbocycles. The number of rotatable bonds is 6. The Labute approximate surface area is 358 Å². The Morgan fingerprint density at radius 3 is 1.36 bits per heavy atom. The fourth-order valence-electron chi connectivity index (χ4n) is 7.63. The SMILES string of the molecule is [C-]#[N+]C1=C(c2ccccc2)/C(=C(/C#N)c2cc([N+]#[C-])cc([N+]#[C-])c2)c2c(OC(F)(F)F)c3c(c(OC(F)(F)F)c21)/C(=C(\C#N)c1cc(C#N)cc(C#N)c1)C(c1ccccc1)=C3C#N. The molecule has 0 atom stereocenters. The van der Waals surface area contributed by atoms with Crippen molar-refractivity contribution < 1.29 is 35.8 Å². The summed E-state index contributed by atoms with van der Waals surface area (Å²) in [7, 11) is 0. The third kappa shape index (κ3) is 7.36. The zero-order chi connectivity index (χ0) is 46.1. The molecule has 2 aliphatic rings. The van der Waals surface area contributed by atoms with E-state index in [1.54, 1.807) is 6.07 Å². The van der Waals surface area contributed by atoms with E-state index in [2.05, 4.69) is 14.5 Å². The molecule has 5 aromatic carbocycles. The van der Waals surface area contributed by atoms with Crippen LogP contribution in [-0.4, -0.2) is 12.7 Å². The standard InChI is InChI=1S/C48H16F6N8O2/c1-60-31-17-30(18-32(19-31)61-2)34(23-58)39-37(28-12-8-5-9-13-28)44(62-3)43-42(39)45(63-47(49,50)51)40-35(24-59)36(27-10-6-4-7-11-27)38(41(40)46(43)64-48(52,53)54)33(22-57)29-15-25(20-55)14-26(16-29)21-56/h4-19H/b38-33+,39-34+. The molecule has 0 heterocycles. The fraction of sp³-hybridized carbons (Fsp3) is 0.0417. The molecule has 0 fully saturated rings. The van der Waals surface area contributed by atoms with Crippen molar-refractivity contribution >= 4 is 56.1 Å². The van der Waals surface area contributed by atoms with E-state index >= 15 is 26.3 Å². The molecule has 0 bridgehead atoms. The molecule has 0 spiro atoms. The van der Waals surface area contributed by atoms with Gasteiger partial charge in [-0.2, -0.15) is 26.3 Å². The molecule has 0 N–H and O–H groups in total. The van der Waals surface area contributed by atoms with E-state index in [1.165, 1.54) is 60.7 Å². The Morgan fingerprint density at radius 2 is 0.938 bits per heavy atom. The van der Waals surface area contributed by atoms with Crippen molar-refractivity contribution in [1.29, 1.82) is 26.3 Å². The Kier molecular flexibility index (Phi) is 10.8. The largest absolute Gasteiger partial charge is 0.573 e. The Morgan fingerprint density at radius 1 is 0.500 bits per heavy atom. The molecule has 0 amide bonds. The van der Waals surface area contributed by atoms with Crippen LogP contribution in [0.3, 0.4) is 0 Å². The Hall–Kier alpha value is -9.84. The van der Waals surface area contributed by atoms with E-state index in [0.717, 1.165) is 36.4 Å². The molecule has 0 unspecified atom stereocenters. The maximum Gasteiger partial charge on any atom is 0.573 e. The van der Waals surface area contributed by atoms with Crippen LogP contribution < -0.4 is 9.47 Å². The summed E-state index contributed by atoms with van der Waals surface area (Å²) in [5.74, 6) is -2.73. The van der Waals surface area contributed by atoms with Gasteiger partial charge in [0.05, 0.1) is 59.7 Å². The number of hydrogen-bond donors (Lipinski definition) is 0. The van der Waals surface area contributed by atoms with Crippen LogP contribution in [0.25, 0.3) is 59.2 Å². The molecule has 10 nitrogen and oxygen atoms in total. The van der Waals surface area contributed by atoms with Crippen LogP contribution in [0, 0.1) is 76.4 Å². The highest BCUT2D eigenvalue weighted by molar-refractivity contribution is 6.36. The highest BCUT2D eigenvalue weighted by atomic mass is 19.4. The Bertz CT molecular complexity index is 3090. The van der Waals surface area contributed by atoms with E-state index in [1.807, 2.05) is 24.3 Å². The molecule has 0 aromatic heterocycles. The average Bonchev–Trinajstić information content (AvgIpc) is 3.81. The van der Waals surface area contributed by atoms with Crippen molar-refractivity contribution in [1.82, 2.24) is 0 Å². The van der Waals surface area contributed by atoms with Gasteiger partial charge in [-0.05, 0) is 46.0 Å². The predicted octanol–water partition coefficient (Wildman–Crippen LogP) is 12.4. The third-order valence-corrected chi connectivity index (χ3v) is 9.82. The number of nitriles is 5. The van der Waals surface area contributed by atoms with Crippen molar-refractivity contribution in [3.8, 4) is 41.8 Å². The molecule has 64 heavy (non-hydrogen) atoms. The van der Waals surface area contributed by atoms with Crippen LogP contribution in [0.5, 0.6) is 11.5 Å². The van der Waals surface area contributed by atoms with E-state index in [4.69, 9.17) is 29.2 Å². The lowest BCUT2D eigenvalue weighted by Crippen LogP contribution is -2.22. The van der Waals surface area contributed by atoms with Crippen molar-refractivity contribution in [2.24, 2.45) is 0 Å². The van der Waals surface area contributed by atoms with Crippen LogP contribution in [0.1, 0.15) is 55.6 Å². The van der Waals surface area contributed by atoms with E-state index in [-0.39, 0.29) is 50.3 Å². The highest BCUT2D eigenvalue weighted by Crippen LogP contribution is 2.65. The van der Waals surface area contributed by atoms with Crippen LogP contribution >= 0.6 is 0 Å². The maximum absolute atomic E-state index is 15.1. The molecule has 5 aromatic rings. The molecule has 16 heteroatoms. The first-order chi connectivity index (χ1) is 30.6. The predicted molar refractivity (Wildman–Crippen MR) is 218 cm³/mol. The molecule has 302 valence electrons. The molecule has 0 radical (unpaired) electrons. The van der Waals surface area contributed by atoms with Gasteiger partial charge in [0.2, 0.25) is 5.70 Å². The van der Waals surface area contributed by atoms with Crippen LogP contribution in [0.15, 0.2) is 97.1 Å². The number of nitrogens with zero attached hydrogens (tertiary/aromatic N) is 8. The highest BCUT2D eigenvalue weighted by Gasteiger charge is 2.49. The second-order valence-corrected chi connectivity index (χ2v) is 13.4. The summed E-state index contributed by atoms with van der Waals surface area (Å²) in [5.41, 5.74) is -10.0. The smallest absolute Gasteiger partial charge is 0.406 e. The first-order valence-corrected chi connectivity index (χ1v) is 17.9. The number of allylic oxidation sites excluding steroid dienone is 7. The molecular formula is C48H16F6N8O2.